The number of hydrogen-bond donors (Lipinski definition) is 2. The summed E-state index contributed by atoms with van der Waals surface area (Å²) in [6.07, 6.45) is 0. The zero-order chi connectivity index (χ0) is 19.5. The van der Waals surface area contributed by atoms with Gasteiger partial charge in [0.25, 0.3) is 5.91 Å². The van der Waals surface area contributed by atoms with Crippen molar-refractivity contribution in [3.05, 3.63) is 72.3 Å². The molecule has 0 spiro atoms. The van der Waals surface area contributed by atoms with Gasteiger partial charge in [0.1, 0.15) is 5.75 Å². The average molecular weight is 374 g/mol. The fourth-order valence-corrected chi connectivity index (χ4v) is 3.08. The van der Waals surface area contributed by atoms with E-state index in [1.807, 2.05) is 36.4 Å². The van der Waals surface area contributed by atoms with Crippen LogP contribution in [0.3, 0.4) is 0 Å². The summed E-state index contributed by atoms with van der Waals surface area (Å²) in [5, 5.41) is 4.99. The van der Waals surface area contributed by atoms with Crippen molar-refractivity contribution in [1.82, 2.24) is 4.98 Å². The molecule has 0 aliphatic rings. The van der Waals surface area contributed by atoms with Gasteiger partial charge in [0.2, 0.25) is 0 Å². The maximum absolute atomic E-state index is 12.1. The molecular weight excluding hydrogens is 356 g/mol. The van der Waals surface area contributed by atoms with Gasteiger partial charge in [-0.15, -0.1) is 0 Å². The number of para-hydroxylation sites is 1. The third-order valence-corrected chi connectivity index (χ3v) is 4.44. The van der Waals surface area contributed by atoms with Gasteiger partial charge in [0.15, 0.2) is 6.61 Å². The first-order valence-corrected chi connectivity index (χ1v) is 8.75. The van der Waals surface area contributed by atoms with Crippen LogP contribution in [0.1, 0.15) is 10.4 Å². The van der Waals surface area contributed by atoms with E-state index in [0.717, 1.165) is 21.8 Å². The molecule has 0 saturated carbocycles. The van der Waals surface area contributed by atoms with Crippen molar-refractivity contribution in [2.45, 2.75) is 0 Å². The van der Waals surface area contributed by atoms with Crippen LogP contribution in [0.2, 0.25) is 0 Å². The lowest BCUT2D eigenvalue weighted by atomic mass is 10.1. The van der Waals surface area contributed by atoms with Crippen molar-refractivity contribution < 1.29 is 19.1 Å². The van der Waals surface area contributed by atoms with Crippen molar-refractivity contribution in [1.29, 1.82) is 0 Å². The van der Waals surface area contributed by atoms with Gasteiger partial charge in [-0.05, 0) is 42.5 Å². The number of carbonyl (C=O) groups is 2. The summed E-state index contributed by atoms with van der Waals surface area (Å²) in [6.45, 7) is -0.121. The Morgan fingerprint density at radius 3 is 2.46 bits per heavy atom. The van der Waals surface area contributed by atoms with Crippen molar-refractivity contribution in [2.24, 2.45) is 0 Å². The Morgan fingerprint density at radius 2 is 1.68 bits per heavy atom. The molecule has 0 aliphatic heterocycles. The molecule has 1 amide bonds. The molecule has 6 nitrogen and oxygen atoms in total. The van der Waals surface area contributed by atoms with E-state index in [9.17, 15) is 9.59 Å². The first-order valence-electron chi connectivity index (χ1n) is 8.75. The molecule has 0 radical (unpaired) electrons. The quantitative estimate of drug-likeness (QED) is 0.515. The number of aromatic nitrogens is 1. The molecule has 4 aromatic rings. The van der Waals surface area contributed by atoms with Crippen molar-refractivity contribution >= 4 is 39.4 Å². The number of amides is 1. The number of rotatable bonds is 5. The van der Waals surface area contributed by atoms with Crippen LogP contribution in [-0.2, 0) is 9.53 Å². The summed E-state index contributed by atoms with van der Waals surface area (Å²) in [5.41, 5.74) is 3.01. The Labute approximate surface area is 161 Å². The lowest BCUT2D eigenvalue weighted by Crippen LogP contribution is -2.20. The Kier molecular flexibility index (Phi) is 4.68. The molecule has 0 fully saturated rings. The van der Waals surface area contributed by atoms with Crippen LogP contribution in [0.4, 0.5) is 5.69 Å². The number of hydrogen-bond acceptors (Lipinski definition) is 4. The SMILES string of the molecule is COC(=O)c1ccc(NC(=O)COc2ccc3c(c2)[nH]c2ccccc23)cc1. The number of fused-ring (bicyclic) bond motifs is 3. The highest BCUT2D eigenvalue weighted by atomic mass is 16.5. The Bertz CT molecular complexity index is 1160. The standard InChI is InChI=1S/C22H18N2O4/c1-27-22(26)14-6-8-15(9-7-14)23-21(25)13-28-16-10-11-18-17-4-2-3-5-19(17)24-20(18)12-16/h2-12,24H,13H2,1H3,(H,23,25). The van der Waals surface area contributed by atoms with E-state index in [0.29, 0.717) is 17.0 Å². The summed E-state index contributed by atoms with van der Waals surface area (Å²) in [6, 6.07) is 20.2. The van der Waals surface area contributed by atoms with E-state index in [4.69, 9.17) is 4.74 Å². The number of methoxy groups -OCH3 is 1. The van der Waals surface area contributed by atoms with Crippen LogP contribution in [0.5, 0.6) is 5.75 Å². The van der Waals surface area contributed by atoms with E-state index in [2.05, 4.69) is 21.1 Å². The maximum atomic E-state index is 12.1. The lowest BCUT2D eigenvalue weighted by molar-refractivity contribution is -0.118. The second-order valence-corrected chi connectivity index (χ2v) is 6.28. The van der Waals surface area contributed by atoms with Gasteiger partial charge in [0, 0.05) is 28.0 Å². The Morgan fingerprint density at radius 1 is 0.929 bits per heavy atom. The van der Waals surface area contributed by atoms with Gasteiger partial charge in [-0.2, -0.15) is 0 Å². The summed E-state index contributed by atoms with van der Waals surface area (Å²) in [5.74, 6) is -0.105. The van der Waals surface area contributed by atoms with E-state index >= 15 is 0 Å². The molecule has 1 heterocycles. The van der Waals surface area contributed by atoms with Crippen LogP contribution in [0.15, 0.2) is 66.7 Å². The number of esters is 1. The van der Waals surface area contributed by atoms with Crippen molar-refractivity contribution in [3.8, 4) is 5.75 Å². The Hall–Kier alpha value is -3.80. The van der Waals surface area contributed by atoms with Crippen LogP contribution in [0.25, 0.3) is 21.8 Å². The monoisotopic (exact) mass is 374 g/mol. The number of H-pyrrole nitrogens is 1. The highest BCUT2D eigenvalue weighted by molar-refractivity contribution is 6.07. The number of anilines is 1. The molecule has 140 valence electrons. The highest BCUT2D eigenvalue weighted by Crippen LogP contribution is 2.28. The number of ether oxygens (including phenoxy) is 2. The minimum Gasteiger partial charge on any atom is -0.484 e. The number of aromatic amines is 1. The predicted octanol–water partition coefficient (Wildman–Crippen LogP) is 4.13. The van der Waals surface area contributed by atoms with E-state index in [1.54, 1.807) is 24.3 Å². The molecule has 0 saturated heterocycles. The molecule has 0 aliphatic carbocycles. The van der Waals surface area contributed by atoms with Crippen LogP contribution in [-0.4, -0.2) is 30.6 Å². The first-order chi connectivity index (χ1) is 13.6. The van der Waals surface area contributed by atoms with Crippen LogP contribution in [0, 0.1) is 0 Å². The van der Waals surface area contributed by atoms with Crippen LogP contribution < -0.4 is 10.1 Å². The normalized spacial score (nSPS) is 10.8. The average Bonchev–Trinajstić information content (AvgIpc) is 3.10. The summed E-state index contributed by atoms with van der Waals surface area (Å²) >= 11 is 0. The second kappa shape index (κ2) is 7.44. The maximum Gasteiger partial charge on any atom is 0.337 e. The minimum absolute atomic E-state index is 0.121. The lowest BCUT2D eigenvalue weighted by Gasteiger charge is -2.08. The minimum atomic E-state index is -0.423. The van der Waals surface area contributed by atoms with Gasteiger partial charge < -0.3 is 19.8 Å². The van der Waals surface area contributed by atoms with Gasteiger partial charge in [-0.3, -0.25) is 4.79 Å². The highest BCUT2D eigenvalue weighted by Gasteiger charge is 2.09. The van der Waals surface area contributed by atoms with Crippen LogP contribution >= 0.6 is 0 Å². The molecule has 3 aromatic carbocycles. The topological polar surface area (TPSA) is 80.4 Å². The molecular formula is C22H18N2O4. The predicted molar refractivity (Wildman–Crippen MR) is 108 cm³/mol. The van der Waals surface area contributed by atoms with E-state index < -0.39 is 5.97 Å². The third-order valence-electron chi connectivity index (χ3n) is 4.44. The second-order valence-electron chi connectivity index (χ2n) is 6.28. The Balaban J connectivity index is 1.40. The van der Waals surface area contributed by atoms with E-state index in [1.165, 1.54) is 7.11 Å². The summed E-state index contributed by atoms with van der Waals surface area (Å²) in [7, 11) is 1.32. The number of nitrogens with one attached hydrogen (secondary N) is 2. The van der Waals surface area contributed by atoms with Gasteiger partial charge >= 0.3 is 5.97 Å². The summed E-state index contributed by atoms with van der Waals surface area (Å²) < 4.78 is 10.3. The van der Waals surface area contributed by atoms with Crippen molar-refractivity contribution in [2.75, 3.05) is 19.0 Å². The zero-order valence-electron chi connectivity index (χ0n) is 15.2. The summed E-state index contributed by atoms with van der Waals surface area (Å²) in [4.78, 5) is 26.9. The zero-order valence-corrected chi connectivity index (χ0v) is 15.2. The van der Waals surface area contributed by atoms with Crippen molar-refractivity contribution in [3.63, 3.8) is 0 Å². The fourth-order valence-electron chi connectivity index (χ4n) is 3.08. The van der Waals surface area contributed by atoms with Gasteiger partial charge in [-0.25, -0.2) is 4.79 Å². The van der Waals surface area contributed by atoms with E-state index in [-0.39, 0.29) is 12.5 Å². The molecule has 4 rings (SSSR count). The number of benzene rings is 3. The largest absolute Gasteiger partial charge is 0.484 e. The molecule has 2 N–H and O–H groups in total. The van der Waals surface area contributed by atoms with Gasteiger partial charge in [0.05, 0.1) is 18.2 Å². The molecule has 0 bridgehead atoms. The van der Waals surface area contributed by atoms with Gasteiger partial charge in [-0.1, -0.05) is 18.2 Å². The fraction of sp³-hybridized carbons (Fsp3) is 0.0909. The molecule has 0 atom stereocenters. The molecule has 28 heavy (non-hydrogen) atoms. The molecule has 6 heteroatoms. The first kappa shape index (κ1) is 17.6. The molecule has 0 unspecified atom stereocenters. The smallest absolute Gasteiger partial charge is 0.337 e. The third kappa shape index (κ3) is 3.53. The number of carbonyl (C=O) groups excluding carboxylic acids is 2. The molecule has 1 aromatic heterocycles.